The molecule has 0 fully saturated rings. The van der Waals surface area contributed by atoms with Gasteiger partial charge in [-0.3, -0.25) is 0 Å². The number of phenolic OH excluding ortho intramolecular Hbond substituents is 1. The highest BCUT2D eigenvalue weighted by molar-refractivity contribution is 5.72. The number of benzene rings is 3. The summed E-state index contributed by atoms with van der Waals surface area (Å²) in [6.45, 7) is 0.473. The van der Waals surface area contributed by atoms with Crippen molar-refractivity contribution in [1.82, 2.24) is 0 Å². The van der Waals surface area contributed by atoms with Crippen molar-refractivity contribution in [2.24, 2.45) is 0 Å². The average Bonchev–Trinajstić information content (AvgIpc) is 2.61. The summed E-state index contributed by atoms with van der Waals surface area (Å²) < 4.78 is 5.94. The van der Waals surface area contributed by atoms with Crippen LogP contribution in [0.2, 0.25) is 0 Å². The number of hydrogen-bond acceptors (Lipinski definition) is 3. The quantitative estimate of drug-likeness (QED) is 0.771. The number of aromatic hydroxyl groups is 1. The third-order valence-electron chi connectivity index (χ3n) is 3.55. The molecule has 0 aliphatic heterocycles. The van der Waals surface area contributed by atoms with Gasteiger partial charge in [0.15, 0.2) is 0 Å². The van der Waals surface area contributed by atoms with Crippen molar-refractivity contribution in [2.45, 2.75) is 6.61 Å². The van der Waals surface area contributed by atoms with Crippen molar-refractivity contribution < 1.29 is 9.84 Å². The van der Waals surface area contributed by atoms with Gasteiger partial charge in [0.25, 0.3) is 0 Å². The molecule has 0 heterocycles. The molecule has 0 saturated carbocycles. The molecule has 0 aromatic heterocycles. The van der Waals surface area contributed by atoms with E-state index in [9.17, 15) is 5.11 Å². The molecule has 0 aliphatic carbocycles. The molecule has 3 rings (SSSR count). The number of hydrogen-bond donors (Lipinski definition) is 1. The van der Waals surface area contributed by atoms with Gasteiger partial charge in [-0.05, 0) is 29.3 Å². The Kier molecular flexibility index (Phi) is 4.26. The molecule has 3 aromatic carbocycles. The van der Waals surface area contributed by atoms with Crippen molar-refractivity contribution in [2.75, 3.05) is 0 Å². The molecule has 1 N–H and O–H groups in total. The topological polar surface area (TPSA) is 53.2 Å². The standard InChI is InChI=1S/C20H15NO2/c21-13-17-12-16(10-11-19(17)22)18-8-4-5-9-20(18)23-14-15-6-2-1-3-7-15/h1-12,22H,14H2. The Balaban J connectivity index is 1.90. The zero-order valence-corrected chi connectivity index (χ0v) is 12.4. The van der Waals surface area contributed by atoms with Crippen LogP contribution in [0.15, 0.2) is 72.8 Å². The first kappa shape index (κ1) is 14.7. The van der Waals surface area contributed by atoms with Crippen LogP contribution in [-0.4, -0.2) is 5.11 Å². The van der Waals surface area contributed by atoms with Gasteiger partial charge in [-0.15, -0.1) is 0 Å². The lowest BCUT2D eigenvalue weighted by atomic mass is 10.0. The largest absolute Gasteiger partial charge is 0.507 e. The van der Waals surface area contributed by atoms with Gasteiger partial charge in [0.1, 0.15) is 24.2 Å². The van der Waals surface area contributed by atoms with Gasteiger partial charge in [0, 0.05) is 5.56 Å². The van der Waals surface area contributed by atoms with Crippen LogP contribution < -0.4 is 4.74 Å². The lowest BCUT2D eigenvalue weighted by molar-refractivity contribution is 0.307. The van der Waals surface area contributed by atoms with Crippen LogP contribution in [0, 0.1) is 11.3 Å². The summed E-state index contributed by atoms with van der Waals surface area (Å²) in [6, 6.07) is 24.6. The fraction of sp³-hybridized carbons (Fsp3) is 0.0500. The minimum Gasteiger partial charge on any atom is -0.507 e. The van der Waals surface area contributed by atoms with E-state index in [1.165, 1.54) is 6.07 Å². The monoisotopic (exact) mass is 301 g/mol. The highest BCUT2D eigenvalue weighted by Crippen LogP contribution is 2.32. The molecule has 0 amide bonds. The van der Waals surface area contributed by atoms with Crippen LogP contribution in [0.3, 0.4) is 0 Å². The summed E-state index contributed by atoms with van der Waals surface area (Å²) >= 11 is 0. The van der Waals surface area contributed by atoms with E-state index in [-0.39, 0.29) is 11.3 Å². The van der Waals surface area contributed by atoms with E-state index in [4.69, 9.17) is 10.00 Å². The third kappa shape index (κ3) is 3.33. The number of nitriles is 1. The first-order valence-corrected chi connectivity index (χ1v) is 7.27. The summed E-state index contributed by atoms with van der Waals surface area (Å²) in [5.74, 6) is 0.727. The molecule has 3 heteroatoms. The Hall–Kier alpha value is -3.25. The molecule has 0 spiro atoms. The van der Waals surface area contributed by atoms with Gasteiger partial charge >= 0.3 is 0 Å². The van der Waals surface area contributed by atoms with E-state index in [2.05, 4.69) is 0 Å². The van der Waals surface area contributed by atoms with Crippen LogP contribution in [0.4, 0.5) is 0 Å². The van der Waals surface area contributed by atoms with Gasteiger partial charge in [-0.1, -0.05) is 54.6 Å². The second-order valence-corrected chi connectivity index (χ2v) is 5.11. The van der Waals surface area contributed by atoms with Gasteiger partial charge < -0.3 is 9.84 Å². The van der Waals surface area contributed by atoms with Crippen LogP contribution in [0.25, 0.3) is 11.1 Å². The number of phenols is 1. The van der Waals surface area contributed by atoms with Gasteiger partial charge in [-0.2, -0.15) is 5.26 Å². The average molecular weight is 301 g/mol. The van der Waals surface area contributed by atoms with Gasteiger partial charge in [0.2, 0.25) is 0 Å². The first-order chi connectivity index (χ1) is 11.3. The van der Waals surface area contributed by atoms with E-state index < -0.39 is 0 Å². The maximum absolute atomic E-state index is 9.65. The molecule has 0 aliphatic rings. The van der Waals surface area contributed by atoms with Crippen LogP contribution in [-0.2, 0) is 6.61 Å². The Morgan fingerprint density at radius 3 is 2.43 bits per heavy atom. The minimum absolute atomic E-state index is 0.0149. The smallest absolute Gasteiger partial charge is 0.133 e. The van der Waals surface area contributed by atoms with E-state index in [1.54, 1.807) is 12.1 Å². The Labute approximate surface area is 135 Å². The molecule has 23 heavy (non-hydrogen) atoms. The summed E-state index contributed by atoms with van der Waals surface area (Å²) in [4.78, 5) is 0. The highest BCUT2D eigenvalue weighted by Gasteiger charge is 2.09. The lowest BCUT2D eigenvalue weighted by Gasteiger charge is -2.12. The molecule has 0 bridgehead atoms. The second kappa shape index (κ2) is 6.67. The molecule has 0 radical (unpaired) electrons. The first-order valence-electron chi connectivity index (χ1n) is 7.27. The minimum atomic E-state index is -0.0149. The predicted octanol–water partition coefficient (Wildman–Crippen LogP) is 4.51. The van der Waals surface area contributed by atoms with Crippen LogP contribution >= 0.6 is 0 Å². The van der Waals surface area contributed by atoms with Gasteiger partial charge in [0.05, 0.1) is 5.56 Å². The summed E-state index contributed by atoms with van der Waals surface area (Å²) in [6.07, 6.45) is 0. The Morgan fingerprint density at radius 2 is 1.65 bits per heavy atom. The molecule has 0 saturated heterocycles. The molecule has 3 nitrogen and oxygen atoms in total. The molecular weight excluding hydrogens is 286 g/mol. The van der Waals surface area contributed by atoms with E-state index >= 15 is 0 Å². The zero-order chi connectivity index (χ0) is 16.1. The highest BCUT2D eigenvalue weighted by atomic mass is 16.5. The maximum atomic E-state index is 9.65. The maximum Gasteiger partial charge on any atom is 0.133 e. The normalized spacial score (nSPS) is 10.0. The van der Waals surface area contributed by atoms with Gasteiger partial charge in [-0.25, -0.2) is 0 Å². The van der Waals surface area contributed by atoms with Crippen molar-refractivity contribution in [3.8, 4) is 28.7 Å². The van der Waals surface area contributed by atoms with Crippen molar-refractivity contribution in [3.63, 3.8) is 0 Å². The number of rotatable bonds is 4. The molecular formula is C20H15NO2. The fourth-order valence-corrected chi connectivity index (χ4v) is 2.36. The second-order valence-electron chi connectivity index (χ2n) is 5.11. The molecule has 0 unspecified atom stereocenters. The van der Waals surface area contributed by atoms with Crippen molar-refractivity contribution in [3.05, 3.63) is 83.9 Å². The third-order valence-corrected chi connectivity index (χ3v) is 3.55. The SMILES string of the molecule is N#Cc1cc(-c2ccccc2OCc2ccccc2)ccc1O. The van der Waals surface area contributed by atoms with E-state index in [0.717, 1.165) is 22.4 Å². The van der Waals surface area contributed by atoms with E-state index in [0.29, 0.717) is 6.61 Å². The number of para-hydroxylation sites is 1. The lowest BCUT2D eigenvalue weighted by Crippen LogP contribution is -1.96. The Morgan fingerprint density at radius 1 is 0.913 bits per heavy atom. The summed E-state index contributed by atoms with van der Waals surface area (Å²) in [5, 5.41) is 18.7. The van der Waals surface area contributed by atoms with Crippen LogP contribution in [0.1, 0.15) is 11.1 Å². The summed E-state index contributed by atoms with van der Waals surface area (Å²) in [7, 11) is 0. The van der Waals surface area contributed by atoms with Crippen molar-refractivity contribution >= 4 is 0 Å². The van der Waals surface area contributed by atoms with Crippen molar-refractivity contribution in [1.29, 1.82) is 5.26 Å². The number of ether oxygens (including phenoxy) is 1. The summed E-state index contributed by atoms with van der Waals surface area (Å²) in [5.41, 5.74) is 3.06. The van der Waals surface area contributed by atoms with Crippen LogP contribution in [0.5, 0.6) is 11.5 Å². The predicted molar refractivity (Wildman–Crippen MR) is 89.0 cm³/mol. The van der Waals surface area contributed by atoms with E-state index in [1.807, 2.05) is 60.7 Å². The molecule has 112 valence electrons. The fourth-order valence-electron chi connectivity index (χ4n) is 2.36. The molecule has 3 aromatic rings. The number of nitrogens with zero attached hydrogens (tertiary/aromatic N) is 1. The zero-order valence-electron chi connectivity index (χ0n) is 12.4. The molecule has 0 atom stereocenters. The Bertz CT molecular complexity index is 851.